The van der Waals surface area contributed by atoms with E-state index in [0.29, 0.717) is 18.0 Å². The van der Waals surface area contributed by atoms with E-state index in [-0.39, 0.29) is 12.3 Å². The van der Waals surface area contributed by atoms with Crippen molar-refractivity contribution < 1.29 is 14.3 Å². The first-order chi connectivity index (χ1) is 9.89. The molecule has 1 aromatic rings. The van der Waals surface area contributed by atoms with E-state index in [9.17, 15) is 4.79 Å². The highest BCUT2D eigenvalue weighted by atomic mass is 16.6. The van der Waals surface area contributed by atoms with E-state index < -0.39 is 5.60 Å². The van der Waals surface area contributed by atoms with E-state index in [1.807, 2.05) is 26.8 Å². The standard InChI is InChI=1S/C15H19N3O3/c1-15(2,3)21-14(19)18-8-4-5-13(18)20-12-7-6-11(9-16)17-10-12/h6-7,10,13H,4-5,8H2,1-3H3. The Balaban J connectivity index is 2.01. The highest BCUT2D eigenvalue weighted by Gasteiger charge is 2.33. The molecular weight excluding hydrogens is 270 g/mol. The zero-order chi connectivity index (χ0) is 15.5. The molecule has 1 aromatic heterocycles. The molecule has 6 nitrogen and oxygen atoms in total. The van der Waals surface area contributed by atoms with Gasteiger partial charge in [0.1, 0.15) is 23.1 Å². The van der Waals surface area contributed by atoms with Crippen LogP contribution in [0.5, 0.6) is 5.75 Å². The monoisotopic (exact) mass is 289 g/mol. The summed E-state index contributed by atoms with van der Waals surface area (Å²) in [5, 5.41) is 8.71. The number of amides is 1. The largest absolute Gasteiger partial charge is 0.469 e. The minimum Gasteiger partial charge on any atom is -0.469 e. The Morgan fingerprint density at radius 1 is 1.48 bits per heavy atom. The van der Waals surface area contributed by atoms with Crippen LogP contribution >= 0.6 is 0 Å². The maximum atomic E-state index is 12.1. The van der Waals surface area contributed by atoms with Crippen molar-refractivity contribution in [3.05, 3.63) is 24.0 Å². The molecule has 1 amide bonds. The predicted octanol–water partition coefficient (Wildman–Crippen LogP) is 2.69. The van der Waals surface area contributed by atoms with Crippen LogP contribution in [0.25, 0.3) is 0 Å². The van der Waals surface area contributed by atoms with Crippen LogP contribution in [-0.2, 0) is 4.74 Å². The van der Waals surface area contributed by atoms with Gasteiger partial charge in [-0.2, -0.15) is 5.26 Å². The van der Waals surface area contributed by atoms with Gasteiger partial charge in [0.25, 0.3) is 0 Å². The van der Waals surface area contributed by atoms with Gasteiger partial charge in [-0.05, 0) is 39.3 Å². The van der Waals surface area contributed by atoms with Gasteiger partial charge in [-0.25, -0.2) is 9.78 Å². The zero-order valence-corrected chi connectivity index (χ0v) is 12.5. The Kier molecular flexibility index (Phi) is 4.32. The fraction of sp³-hybridized carbons (Fsp3) is 0.533. The molecule has 6 heteroatoms. The highest BCUT2D eigenvalue weighted by Crippen LogP contribution is 2.23. The van der Waals surface area contributed by atoms with Gasteiger partial charge >= 0.3 is 6.09 Å². The fourth-order valence-electron chi connectivity index (χ4n) is 2.06. The quantitative estimate of drug-likeness (QED) is 0.836. The second-order valence-electron chi connectivity index (χ2n) is 5.88. The van der Waals surface area contributed by atoms with Crippen molar-refractivity contribution in [1.29, 1.82) is 5.26 Å². The van der Waals surface area contributed by atoms with Gasteiger partial charge in [0.05, 0.1) is 6.20 Å². The molecular formula is C15H19N3O3. The third kappa shape index (κ3) is 4.09. The maximum Gasteiger partial charge on any atom is 0.413 e. The lowest BCUT2D eigenvalue weighted by Gasteiger charge is -2.28. The second kappa shape index (κ2) is 6.00. The molecule has 1 atom stereocenters. The van der Waals surface area contributed by atoms with Gasteiger partial charge in [0, 0.05) is 13.0 Å². The molecule has 1 aliphatic heterocycles. The number of pyridine rings is 1. The number of carbonyl (C=O) groups excluding carboxylic acids is 1. The Bertz CT molecular complexity index is 543. The van der Waals surface area contributed by atoms with Gasteiger partial charge in [-0.1, -0.05) is 0 Å². The number of likely N-dealkylation sites (tertiary alicyclic amines) is 1. The smallest absolute Gasteiger partial charge is 0.413 e. The average molecular weight is 289 g/mol. The summed E-state index contributed by atoms with van der Waals surface area (Å²) in [6, 6.07) is 5.21. The number of aromatic nitrogens is 1. The average Bonchev–Trinajstić information content (AvgIpc) is 2.86. The molecule has 0 spiro atoms. The molecule has 2 rings (SSSR count). The molecule has 21 heavy (non-hydrogen) atoms. The number of carbonyl (C=O) groups is 1. The van der Waals surface area contributed by atoms with Crippen LogP contribution in [-0.4, -0.2) is 34.4 Å². The first kappa shape index (κ1) is 15.1. The zero-order valence-electron chi connectivity index (χ0n) is 12.5. The summed E-state index contributed by atoms with van der Waals surface area (Å²) in [7, 11) is 0. The molecule has 0 saturated carbocycles. The van der Waals surface area contributed by atoms with E-state index in [0.717, 1.165) is 12.8 Å². The molecule has 1 unspecified atom stereocenters. The van der Waals surface area contributed by atoms with E-state index >= 15 is 0 Å². The predicted molar refractivity (Wildman–Crippen MR) is 75.5 cm³/mol. The summed E-state index contributed by atoms with van der Waals surface area (Å²) in [4.78, 5) is 17.7. The number of ether oxygens (including phenoxy) is 2. The summed E-state index contributed by atoms with van der Waals surface area (Å²) < 4.78 is 11.2. The lowest BCUT2D eigenvalue weighted by atomic mass is 10.2. The Morgan fingerprint density at radius 3 is 2.81 bits per heavy atom. The number of hydrogen-bond donors (Lipinski definition) is 0. The highest BCUT2D eigenvalue weighted by molar-refractivity contribution is 5.68. The number of hydrogen-bond acceptors (Lipinski definition) is 5. The van der Waals surface area contributed by atoms with Gasteiger partial charge in [0.15, 0.2) is 6.23 Å². The van der Waals surface area contributed by atoms with Crippen molar-refractivity contribution in [1.82, 2.24) is 9.88 Å². The Hall–Kier alpha value is -2.29. The molecule has 2 heterocycles. The second-order valence-corrected chi connectivity index (χ2v) is 5.88. The molecule has 0 N–H and O–H groups in total. The Morgan fingerprint density at radius 2 is 2.24 bits per heavy atom. The summed E-state index contributed by atoms with van der Waals surface area (Å²) in [6.07, 6.45) is 2.39. The van der Waals surface area contributed by atoms with Gasteiger partial charge in [-0.15, -0.1) is 0 Å². The van der Waals surface area contributed by atoms with Crippen LogP contribution in [0.1, 0.15) is 39.3 Å². The maximum absolute atomic E-state index is 12.1. The molecule has 0 radical (unpaired) electrons. The molecule has 0 aromatic carbocycles. The molecule has 0 bridgehead atoms. The number of nitriles is 1. The first-order valence-electron chi connectivity index (χ1n) is 6.91. The number of nitrogens with zero attached hydrogens (tertiary/aromatic N) is 3. The van der Waals surface area contributed by atoms with Crippen LogP contribution in [0, 0.1) is 11.3 Å². The fourth-order valence-corrected chi connectivity index (χ4v) is 2.06. The topological polar surface area (TPSA) is 75.4 Å². The van der Waals surface area contributed by atoms with E-state index in [1.165, 1.54) is 6.20 Å². The lowest BCUT2D eigenvalue weighted by molar-refractivity contribution is -0.00517. The van der Waals surface area contributed by atoms with Crippen molar-refractivity contribution in [2.24, 2.45) is 0 Å². The molecule has 112 valence electrons. The van der Waals surface area contributed by atoms with Crippen molar-refractivity contribution >= 4 is 6.09 Å². The lowest BCUT2D eigenvalue weighted by Crippen LogP contribution is -2.42. The summed E-state index contributed by atoms with van der Waals surface area (Å²) in [5.41, 5.74) is -0.196. The third-order valence-electron chi connectivity index (χ3n) is 2.95. The molecule has 1 fully saturated rings. The van der Waals surface area contributed by atoms with Crippen LogP contribution in [0.2, 0.25) is 0 Å². The summed E-state index contributed by atoms with van der Waals surface area (Å²) in [5.74, 6) is 0.537. The van der Waals surface area contributed by atoms with E-state index in [4.69, 9.17) is 14.7 Å². The third-order valence-corrected chi connectivity index (χ3v) is 2.95. The van der Waals surface area contributed by atoms with Crippen LogP contribution in [0.3, 0.4) is 0 Å². The van der Waals surface area contributed by atoms with Gasteiger partial charge in [-0.3, -0.25) is 4.90 Å². The van der Waals surface area contributed by atoms with Crippen LogP contribution < -0.4 is 4.74 Å². The van der Waals surface area contributed by atoms with Gasteiger partial charge in [0.2, 0.25) is 0 Å². The van der Waals surface area contributed by atoms with Crippen LogP contribution in [0.4, 0.5) is 4.79 Å². The molecule has 1 aliphatic rings. The minimum atomic E-state index is -0.528. The molecule has 1 saturated heterocycles. The molecule has 0 aliphatic carbocycles. The van der Waals surface area contributed by atoms with E-state index in [2.05, 4.69) is 4.98 Å². The van der Waals surface area contributed by atoms with Crippen molar-refractivity contribution in [2.45, 2.75) is 45.4 Å². The SMILES string of the molecule is CC(C)(C)OC(=O)N1CCCC1Oc1ccc(C#N)nc1. The van der Waals surface area contributed by atoms with Crippen molar-refractivity contribution in [3.63, 3.8) is 0 Å². The Labute approximate surface area is 124 Å². The minimum absolute atomic E-state index is 0.331. The van der Waals surface area contributed by atoms with E-state index in [1.54, 1.807) is 17.0 Å². The first-order valence-corrected chi connectivity index (χ1v) is 6.91. The van der Waals surface area contributed by atoms with Gasteiger partial charge < -0.3 is 9.47 Å². The normalized spacial score (nSPS) is 18.2. The van der Waals surface area contributed by atoms with Crippen molar-refractivity contribution in [3.8, 4) is 11.8 Å². The summed E-state index contributed by atoms with van der Waals surface area (Å²) in [6.45, 7) is 6.12. The van der Waals surface area contributed by atoms with Crippen molar-refractivity contribution in [2.75, 3.05) is 6.54 Å². The number of rotatable bonds is 2. The van der Waals surface area contributed by atoms with Crippen LogP contribution in [0.15, 0.2) is 18.3 Å². The summed E-state index contributed by atoms with van der Waals surface area (Å²) >= 11 is 0.